The molecule has 1 aromatic carbocycles. The number of carbonyl (C=O) groups is 1. The molecule has 2 rings (SSSR count). The zero-order valence-electron chi connectivity index (χ0n) is 10.7. The summed E-state index contributed by atoms with van der Waals surface area (Å²) >= 11 is 3.42. The molecule has 2 aromatic rings. The fourth-order valence-corrected chi connectivity index (χ4v) is 1.79. The minimum Gasteiger partial charge on any atom is -0.361 e. The number of hydrogen-bond donors (Lipinski definition) is 1. The number of aryl methyl sites for hydroxylation is 1. The largest absolute Gasteiger partial charge is 0.361 e. The molecule has 21 heavy (non-hydrogen) atoms. The van der Waals surface area contributed by atoms with Gasteiger partial charge in [-0.05, 0) is 45.9 Å². The standard InChI is InChI=1S/C10H8BrNO.CN6O/c1-6-8(11)3-2-7-9(13)4-5-12-10(6)7;2-6-4-1(8)5-7-3/h2-5H,1H3,(H,12,13);. The number of carbonyl (C=O) groups excluding carboxylic acids is 1. The quantitative estimate of drug-likeness (QED) is 0.428. The first-order chi connectivity index (χ1) is 10.0. The lowest BCUT2D eigenvalue weighted by Gasteiger charge is -2.02. The number of aromatic nitrogens is 1. The van der Waals surface area contributed by atoms with Crippen LogP contribution in [0.15, 0.2) is 43.9 Å². The van der Waals surface area contributed by atoms with Gasteiger partial charge in [-0.1, -0.05) is 15.9 Å². The molecule has 1 aromatic heterocycles. The van der Waals surface area contributed by atoms with E-state index in [9.17, 15) is 9.59 Å². The van der Waals surface area contributed by atoms with Gasteiger partial charge < -0.3 is 4.98 Å². The number of amides is 2. The Balaban J connectivity index is 0.000000240. The summed E-state index contributed by atoms with van der Waals surface area (Å²) in [5.41, 5.74) is 17.1. The third-order valence-corrected chi connectivity index (χ3v) is 3.25. The summed E-state index contributed by atoms with van der Waals surface area (Å²) in [5.74, 6) is 0. The zero-order valence-corrected chi connectivity index (χ0v) is 12.3. The Hall–Kier alpha value is -2.80. The molecular formula is C11H8BrN7O2. The van der Waals surface area contributed by atoms with Crippen molar-refractivity contribution in [3.8, 4) is 0 Å². The average Bonchev–Trinajstić information content (AvgIpc) is 2.45. The van der Waals surface area contributed by atoms with E-state index in [4.69, 9.17) is 11.1 Å². The highest BCUT2D eigenvalue weighted by atomic mass is 79.9. The van der Waals surface area contributed by atoms with Gasteiger partial charge in [0.2, 0.25) is 0 Å². The molecule has 0 atom stereocenters. The van der Waals surface area contributed by atoms with Crippen LogP contribution in [0.3, 0.4) is 0 Å². The summed E-state index contributed by atoms with van der Waals surface area (Å²) in [5, 5.41) is 5.61. The van der Waals surface area contributed by atoms with Crippen LogP contribution >= 0.6 is 15.9 Å². The van der Waals surface area contributed by atoms with Gasteiger partial charge in [-0.3, -0.25) is 9.59 Å². The van der Waals surface area contributed by atoms with Gasteiger partial charge in [0, 0.05) is 31.9 Å². The van der Waals surface area contributed by atoms with Crippen molar-refractivity contribution in [3.05, 3.63) is 65.5 Å². The second-order valence-electron chi connectivity index (χ2n) is 3.60. The molecule has 10 heteroatoms. The van der Waals surface area contributed by atoms with Gasteiger partial charge in [0.25, 0.3) is 0 Å². The van der Waals surface area contributed by atoms with Gasteiger partial charge >= 0.3 is 6.03 Å². The number of halogens is 1. The van der Waals surface area contributed by atoms with Gasteiger partial charge in [0.1, 0.15) is 0 Å². The molecule has 0 aliphatic heterocycles. The number of aromatic amines is 1. The Morgan fingerprint density at radius 2 is 1.86 bits per heavy atom. The first kappa shape index (κ1) is 16.3. The minimum absolute atomic E-state index is 0.0596. The summed E-state index contributed by atoms with van der Waals surface area (Å²) in [6.45, 7) is 1.97. The van der Waals surface area contributed by atoms with Crippen LogP contribution in [0.1, 0.15) is 5.56 Å². The van der Waals surface area contributed by atoms with Gasteiger partial charge in [-0.25, -0.2) is 0 Å². The van der Waals surface area contributed by atoms with Crippen molar-refractivity contribution in [2.45, 2.75) is 6.92 Å². The minimum atomic E-state index is -1.17. The summed E-state index contributed by atoms with van der Waals surface area (Å²) in [4.78, 5) is 28.4. The van der Waals surface area contributed by atoms with E-state index in [2.05, 4.69) is 41.0 Å². The van der Waals surface area contributed by atoms with Gasteiger partial charge in [-0.15, -0.1) is 0 Å². The van der Waals surface area contributed by atoms with E-state index < -0.39 is 6.03 Å². The summed E-state index contributed by atoms with van der Waals surface area (Å²) < 4.78 is 1.02. The van der Waals surface area contributed by atoms with Crippen molar-refractivity contribution in [2.24, 2.45) is 10.2 Å². The molecule has 0 spiro atoms. The highest BCUT2D eigenvalue weighted by Crippen LogP contribution is 2.21. The number of nitrogens with one attached hydrogen (secondary N) is 1. The molecule has 1 heterocycles. The van der Waals surface area contributed by atoms with Crippen LogP contribution in [0, 0.1) is 6.92 Å². The number of nitrogens with zero attached hydrogens (tertiary/aromatic N) is 6. The number of urea groups is 1. The van der Waals surface area contributed by atoms with E-state index in [1.807, 2.05) is 19.1 Å². The second-order valence-corrected chi connectivity index (χ2v) is 4.45. The highest BCUT2D eigenvalue weighted by Gasteiger charge is 2.02. The van der Waals surface area contributed by atoms with E-state index >= 15 is 0 Å². The normalized spacial score (nSPS) is 8.86. The number of hydrogen-bond acceptors (Lipinski definition) is 2. The Morgan fingerprint density at radius 1 is 1.24 bits per heavy atom. The van der Waals surface area contributed by atoms with Crippen molar-refractivity contribution in [1.29, 1.82) is 0 Å². The Bertz CT molecular complexity index is 812. The van der Waals surface area contributed by atoms with Crippen LogP contribution in [0.2, 0.25) is 0 Å². The number of azide groups is 1. The first-order valence-electron chi connectivity index (χ1n) is 5.42. The summed E-state index contributed by atoms with van der Waals surface area (Å²) in [6, 6.07) is 4.09. The van der Waals surface area contributed by atoms with Crippen molar-refractivity contribution in [1.82, 2.24) is 4.98 Å². The molecule has 0 aliphatic rings. The third-order valence-electron chi connectivity index (χ3n) is 2.39. The predicted molar refractivity (Wildman–Crippen MR) is 80.7 cm³/mol. The maximum atomic E-state index is 11.4. The average molecular weight is 350 g/mol. The molecule has 0 saturated carbocycles. The van der Waals surface area contributed by atoms with Gasteiger partial charge in [0.05, 0.1) is 5.52 Å². The van der Waals surface area contributed by atoms with Crippen LogP contribution in [-0.2, 0) is 0 Å². The maximum absolute atomic E-state index is 11.4. The SMILES string of the molecule is Cc1c(Br)ccc2c(=O)cc[nH]c12.[N-]=[N+]=NC(=O)N=[N+]=[N-]. The summed E-state index contributed by atoms with van der Waals surface area (Å²) in [6.07, 6.45) is 1.67. The molecule has 2 amide bonds. The van der Waals surface area contributed by atoms with E-state index in [-0.39, 0.29) is 5.43 Å². The highest BCUT2D eigenvalue weighted by molar-refractivity contribution is 9.10. The van der Waals surface area contributed by atoms with Crippen molar-refractivity contribution < 1.29 is 4.79 Å². The molecule has 0 unspecified atom stereocenters. The third kappa shape index (κ3) is 4.36. The van der Waals surface area contributed by atoms with Crippen LogP contribution in [0.4, 0.5) is 4.79 Å². The van der Waals surface area contributed by atoms with Crippen molar-refractivity contribution in [3.63, 3.8) is 0 Å². The smallest absolute Gasteiger partial charge is 0.305 e. The molecule has 106 valence electrons. The lowest BCUT2D eigenvalue weighted by molar-refractivity contribution is 0.256. The van der Waals surface area contributed by atoms with E-state index in [1.165, 1.54) is 6.07 Å². The molecule has 0 fully saturated rings. The van der Waals surface area contributed by atoms with Gasteiger partial charge in [0.15, 0.2) is 5.43 Å². The molecule has 0 saturated heterocycles. The Morgan fingerprint density at radius 3 is 2.43 bits per heavy atom. The number of fused-ring (bicyclic) bond motifs is 1. The van der Waals surface area contributed by atoms with E-state index in [1.54, 1.807) is 6.20 Å². The lowest BCUT2D eigenvalue weighted by atomic mass is 10.1. The fraction of sp³-hybridized carbons (Fsp3) is 0.0909. The predicted octanol–water partition coefficient (Wildman–Crippen LogP) is 4.33. The fourth-order valence-electron chi connectivity index (χ4n) is 1.46. The van der Waals surface area contributed by atoms with Crippen LogP contribution < -0.4 is 5.43 Å². The zero-order chi connectivity index (χ0) is 15.8. The molecule has 9 nitrogen and oxygen atoms in total. The molecule has 1 N–H and O–H groups in total. The maximum Gasteiger partial charge on any atom is 0.305 e. The van der Waals surface area contributed by atoms with Crippen molar-refractivity contribution in [2.75, 3.05) is 0 Å². The van der Waals surface area contributed by atoms with Crippen molar-refractivity contribution >= 4 is 32.9 Å². The Kier molecular flexibility index (Phi) is 5.97. The first-order valence-corrected chi connectivity index (χ1v) is 6.21. The number of pyridine rings is 1. The molecule has 0 bridgehead atoms. The van der Waals surface area contributed by atoms with Crippen LogP contribution in [0.5, 0.6) is 0 Å². The number of rotatable bonds is 0. The van der Waals surface area contributed by atoms with E-state index in [0.717, 1.165) is 20.9 Å². The van der Waals surface area contributed by atoms with Crippen LogP contribution in [0.25, 0.3) is 31.8 Å². The van der Waals surface area contributed by atoms with Gasteiger partial charge in [-0.2, -0.15) is 0 Å². The monoisotopic (exact) mass is 349 g/mol. The number of H-pyrrole nitrogens is 1. The Labute approximate surface area is 126 Å². The number of benzene rings is 1. The van der Waals surface area contributed by atoms with E-state index in [0.29, 0.717) is 0 Å². The molecule has 0 radical (unpaired) electrons. The molecular weight excluding hydrogens is 342 g/mol. The molecule has 0 aliphatic carbocycles. The van der Waals surface area contributed by atoms with Crippen LogP contribution in [-0.4, -0.2) is 11.0 Å². The topological polar surface area (TPSA) is 147 Å². The summed E-state index contributed by atoms with van der Waals surface area (Å²) in [7, 11) is 0. The lowest BCUT2D eigenvalue weighted by Crippen LogP contribution is -2.00. The second kappa shape index (κ2) is 7.71.